The highest BCUT2D eigenvalue weighted by atomic mass is 19.1. The average molecular weight is 301 g/mol. The number of rotatable bonds is 3. The first-order chi connectivity index (χ1) is 10.7. The fourth-order valence-electron chi connectivity index (χ4n) is 2.49. The molecule has 114 valence electrons. The molecular formula is C16H16FN3O2. The van der Waals surface area contributed by atoms with Crippen LogP contribution >= 0.6 is 0 Å². The van der Waals surface area contributed by atoms with Crippen molar-refractivity contribution < 1.29 is 13.9 Å². The van der Waals surface area contributed by atoms with Gasteiger partial charge >= 0.3 is 6.01 Å². The van der Waals surface area contributed by atoms with E-state index < -0.39 is 0 Å². The molecule has 1 aromatic carbocycles. The SMILES string of the molecule is O=C(c1ccc(F)cc1)N1CCC[C@@H](Oc2ncccn2)C1. The molecule has 6 heteroatoms. The lowest BCUT2D eigenvalue weighted by Crippen LogP contribution is -2.44. The summed E-state index contributed by atoms with van der Waals surface area (Å²) in [5.41, 5.74) is 0.484. The van der Waals surface area contributed by atoms with Crippen molar-refractivity contribution in [2.45, 2.75) is 18.9 Å². The van der Waals surface area contributed by atoms with Gasteiger partial charge in [-0.1, -0.05) is 0 Å². The fraction of sp³-hybridized carbons (Fsp3) is 0.312. The predicted molar refractivity (Wildman–Crippen MR) is 78.0 cm³/mol. The van der Waals surface area contributed by atoms with Crippen LogP contribution in [0.4, 0.5) is 4.39 Å². The number of aromatic nitrogens is 2. The van der Waals surface area contributed by atoms with Crippen LogP contribution in [0.3, 0.4) is 0 Å². The lowest BCUT2D eigenvalue weighted by Gasteiger charge is -2.32. The highest BCUT2D eigenvalue weighted by Crippen LogP contribution is 2.17. The standard InChI is InChI=1S/C16H16FN3O2/c17-13-6-4-12(5-7-13)15(21)20-10-1-3-14(11-20)22-16-18-8-2-9-19-16/h2,4-9,14H,1,3,10-11H2/t14-/m1/s1. The molecule has 0 N–H and O–H groups in total. The molecule has 0 aliphatic carbocycles. The minimum absolute atomic E-state index is 0.109. The molecule has 0 saturated carbocycles. The number of amides is 1. The summed E-state index contributed by atoms with van der Waals surface area (Å²) >= 11 is 0. The lowest BCUT2D eigenvalue weighted by atomic mass is 10.1. The van der Waals surface area contributed by atoms with Crippen LogP contribution in [0.5, 0.6) is 6.01 Å². The lowest BCUT2D eigenvalue weighted by molar-refractivity contribution is 0.0516. The summed E-state index contributed by atoms with van der Waals surface area (Å²) < 4.78 is 18.7. The van der Waals surface area contributed by atoms with Gasteiger partial charge in [-0.15, -0.1) is 0 Å². The molecule has 1 aromatic heterocycles. The van der Waals surface area contributed by atoms with Gasteiger partial charge in [0, 0.05) is 24.5 Å². The third-order valence-electron chi connectivity index (χ3n) is 3.57. The number of ether oxygens (including phenoxy) is 1. The van der Waals surface area contributed by atoms with Gasteiger partial charge in [0.1, 0.15) is 11.9 Å². The molecule has 0 unspecified atom stereocenters. The molecule has 5 nitrogen and oxygen atoms in total. The molecule has 0 spiro atoms. The number of halogens is 1. The molecule has 2 aromatic rings. The molecule has 0 radical (unpaired) electrons. The summed E-state index contributed by atoms with van der Waals surface area (Å²) in [5.74, 6) is -0.458. The van der Waals surface area contributed by atoms with Crippen LogP contribution in [0.25, 0.3) is 0 Å². The molecule has 22 heavy (non-hydrogen) atoms. The number of hydrogen-bond acceptors (Lipinski definition) is 4. The Kier molecular flexibility index (Phi) is 4.27. The summed E-state index contributed by atoms with van der Waals surface area (Å²) in [6.45, 7) is 1.15. The van der Waals surface area contributed by atoms with E-state index >= 15 is 0 Å². The maximum atomic E-state index is 12.9. The van der Waals surface area contributed by atoms with Crippen molar-refractivity contribution in [3.05, 3.63) is 54.1 Å². The maximum absolute atomic E-state index is 12.9. The van der Waals surface area contributed by atoms with Crippen molar-refractivity contribution in [1.29, 1.82) is 0 Å². The number of nitrogens with zero attached hydrogens (tertiary/aromatic N) is 3. The van der Waals surface area contributed by atoms with Gasteiger partial charge in [0.05, 0.1) is 6.54 Å². The quantitative estimate of drug-likeness (QED) is 0.873. The average Bonchev–Trinajstić information content (AvgIpc) is 2.56. The van der Waals surface area contributed by atoms with Gasteiger partial charge < -0.3 is 9.64 Å². The monoisotopic (exact) mass is 301 g/mol. The van der Waals surface area contributed by atoms with Crippen molar-refractivity contribution in [3.8, 4) is 6.01 Å². The third kappa shape index (κ3) is 3.39. The second kappa shape index (κ2) is 6.51. The Morgan fingerprint density at radius 2 is 1.95 bits per heavy atom. The summed E-state index contributed by atoms with van der Waals surface area (Å²) in [5, 5.41) is 0. The summed E-state index contributed by atoms with van der Waals surface area (Å²) in [6, 6.07) is 7.64. The van der Waals surface area contributed by atoms with Gasteiger partial charge in [0.2, 0.25) is 0 Å². The zero-order valence-electron chi connectivity index (χ0n) is 12.0. The van der Waals surface area contributed by atoms with E-state index in [9.17, 15) is 9.18 Å². The first kappa shape index (κ1) is 14.4. The largest absolute Gasteiger partial charge is 0.458 e. The van der Waals surface area contributed by atoms with E-state index in [1.165, 1.54) is 24.3 Å². The second-order valence-electron chi connectivity index (χ2n) is 5.17. The van der Waals surface area contributed by atoms with Crippen LogP contribution in [0.2, 0.25) is 0 Å². The molecule has 0 bridgehead atoms. The van der Waals surface area contributed by atoms with Gasteiger partial charge in [0.25, 0.3) is 5.91 Å². The molecular weight excluding hydrogens is 285 g/mol. The van der Waals surface area contributed by atoms with Crippen LogP contribution in [0.15, 0.2) is 42.7 Å². The number of likely N-dealkylation sites (tertiary alicyclic amines) is 1. The topological polar surface area (TPSA) is 55.3 Å². The van der Waals surface area contributed by atoms with Crippen LogP contribution in [-0.2, 0) is 0 Å². The van der Waals surface area contributed by atoms with Crippen molar-refractivity contribution >= 4 is 5.91 Å². The number of carbonyl (C=O) groups excluding carboxylic acids is 1. The van der Waals surface area contributed by atoms with E-state index in [1.807, 2.05) is 0 Å². The molecule has 1 amide bonds. The smallest absolute Gasteiger partial charge is 0.316 e. The van der Waals surface area contributed by atoms with E-state index in [0.717, 1.165) is 12.8 Å². The molecule has 2 heterocycles. The van der Waals surface area contributed by atoms with E-state index in [-0.39, 0.29) is 17.8 Å². The normalized spacial score (nSPS) is 18.0. The number of benzene rings is 1. The molecule has 1 atom stereocenters. The van der Waals surface area contributed by atoms with Crippen LogP contribution < -0.4 is 4.74 Å². The fourth-order valence-corrected chi connectivity index (χ4v) is 2.49. The highest BCUT2D eigenvalue weighted by molar-refractivity contribution is 5.94. The van der Waals surface area contributed by atoms with Gasteiger partial charge in [0.15, 0.2) is 0 Å². The van der Waals surface area contributed by atoms with Crippen molar-refractivity contribution in [3.63, 3.8) is 0 Å². The first-order valence-corrected chi connectivity index (χ1v) is 7.21. The first-order valence-electron chi connectivity index (χ1n) is 7.21. The van der Waals surface area contributed by atoms with E-state index in [1.54, 1.807) is 23.4 Å². The van der Waals surface area contributed by atoms with Crippen molar-refractivity contribution in [2.24, 2.45) is 0 Å². The Balaban J connectivity index is 1.65. The third-order valence-corrected chi connectivity index (χ3v) is 3.57. The summed E-state index contributed by atoms with van der Waals surface area (Å²) in [6.07, 6.45) is 4.82. The predicted octanol–water partition coefficient (Wildman–Crippen LogP) is 2.30. The van der Waals surface area contributed by atoms with Gasteiger partial charge in [-0.3, -0.25) is 4.79 Å². The van der Waals surface area contributed by atoms with Gasteiger partial charge in [-0.05, 0) is 43.2 Å². The Morgan fingerprint density at radius 1 is 1.23 bits per heavy atom. The van der Waals surface area contributed by atoms with Crippen molar-refractivity contribution in [2.75, 3.05) is 13.1 Å². The van der Waals surface area contributed by atoms with E-state index in [0.29, 0.717) is 24.7 Å². The molecule has 3 rings (SSSR count). The Labute approximate surface area is 127 Å². The Bertz CT molecular complexity index is 634. The van der Waals surface area contributed by atoms with E-state index in [4.69, 9.17) is 4.74 Å². The minimum Gasteiger partial charge on any atom is -0.458 e. The van der Waals surface area contributed by atoms with Gasteiger partial charge in [-0.2, -0.15) is 0 Å². The van der Waals surface area contributed by atoms with Crippen LogP contribution in [0, 0.1) is 5.82 Å². The molecule has 1 saturated heterocycles. The zero-order valence-corrected chi connectivity index (χ0v) is 12.0. The Morgan fingerprint density at radius 3 is 2.68 bits per heavy atom. The van der Waals surface area contributed by atoms with Crippen LogP contribution in [0.1, 0.15) is 23.2 Å². The van der Waals surface area contributed by atoms with Gasteiger partial charge in [-0.25, -0.2) is 14.4 Å². The number of carbonyl (C=O) groups is 1. The van der Waals surface area contributed by atoms with Crippen molar-refractivity contribution in [1.82, 2.24) is 14.9 Å². The maximum Gasteiger partial charge on any atom is 0.316 e. The highest BCUT2D eigenvalue weighted by Gasteiger charge is 2.26. The molecule has 1 aliphatic rings. The summed E-state index contributed by atoms with van der Waals surface area (Å²) in [7, 11) is 0. The van der Waals surface area contributed by atoms with E-state index in [2.05, 4.69) is 9.97 Å². The molecule has 1 aliphatic heterocycles. The molecule has 1 fully saturated rings. The second-order valence-corrected chi connectivity index (χ2v) is 5.17. The minimum atomic E-state index is -0.349. The van der Waals surface area contributed by atoms with Crippen LogP contribution in [-0.4, -0.2) is 40.0 Å². The zero-order chi connectivity index (χ0) is 15.4. The summed E-state index contributed by atoms with van der Waals surface area (Å²) in [4.78, 5) is 22.2. The number of piperidine rings is 1. The Hall–Kier alpha value is -2.50. The number of hydrogen-bond donors (Lipinski definition) is 0.